The van der Waals surface area contributed by atoms with Gasteiger partial charge in [-0.2, -0.15) is 0 Å². The lowest BCUT2D eigenvalue weighted by Crippen LogP contribution is -2.19. The maximum atomic E-state index is 12.4. The van der Waals surface area contributed by atoms with Gasteiger partial charge in [-0.25, -0.2) is 4.98 Å². The number of thioether (sulfide) groups is 1. The summed E-state index contributed by atoms with van der Waals surface area (Å²) in [6, 6.07) is 7.46. The Labute approximate surface area is 188 Å². The minimum atomic E-state index is -0.123. The van der Waals surface area contributed by atoms with Crippen LogP contribution in [0.2, 0.25) is 5.02 Å². The van der Waals surface area contributed by atoms with Gasteiger partial charge in [-0.3, -0.25) is 4.79 Å². The van der Waals surface area contributed by atoms with E-state index < -0.39 is 0 Å². The zero-order valence-corrected chi connectivity index (χ0v) is 18.9. The van der Waals surface area contributed by atoms with Crippen molar-refractivity contribution >= 4 is 45.7 Å². The van der Waals surface area contributed by atoms with Crippen LogP contribution in [0.15, 0.2) is 34.8 Å². The van der Waals surface area contributed by atoms with Gasteiger partial charge in [-0.1, -0.05) is 42.4 Å². The fourth-order valence-corrected chi connectivity index (χ4v) is 4.86. The van der Waals surface area contributed by atoms with Crippen LogP contribution in [0.25, 0.3) is 11.3 Å². The summed E-state index contributed by atoms with van der Waals surface area (Å²) in [5, 5.41) is 15.3. The van der Waals surface area contributed by atoms with Crippen LogP contribution >= 0.6 is 34.7 Å². The smallest absolute Gasteiger partial charge is 0.236 e. The van der Waals surface area contributed by atoms with Crippen molar-refractivity contribution in [2.45, 2.75) is 44.0 Å². The molecule has 0 spiro atoms. The zero-order valence-electron chi connectivity index (χ0n) is 16.5. The van der Waals surface area contributed by atoms with Crippen LogP contribution in [0, 0.1) is 0 Å². The van der Waals surface area contributed by atoms with Gasteiger partial charge in [0.05, 0.1) is 24.1 Å². The number of thiazole rings is 1. The van der Waals surface area contributed by atoms with E-state index in [1.165, 1.54) is 23.1 Å². The summed E-state index contributed by atoms with van der Waals surface area (Å²) in [4.78, 5) is 16.9. The van der Waals surface area contributed by atoms with Crippen molar-refractivity contribution in [3.63, 3.8) is 0 Å². The fraction of sp³-hybridized carbons (Fsp3) is 0.400. The number of aromatic nitrogens is 4. The van der Waals surface area contributed by atoms with Crippen molar-refractivity contribution in [2.24, 2.45) is 0 Å². The van der Waals surface area contributed by atoms with Crippen molar-refractivity contribution in [1.29, 1.82) is 0 Å². The monoisotopic (exact) mass is 463 g/mol. The third-order valence-electron chi connectivity index (χ3n) is 4.74. The minimum absolute atomic E-state index is 0.123. The van der Waals surface area contributed by atoms with E-state index in [2.05, 4.69) is 32.0 Å². The van der Waals surface area contributed by atoms with Crippen molar-refractivity contribution < 1.29 is 9.53 Å². The van der Waals surface area contributed by atoms with E-state index in [9.17, 15) is 4.79 Å². The molecule has 1 aliphatic heterocycles. The number of benzene rings is 1. The first-order valence-electron chi connectivity index (χ1n) is 9.80. The second kappa shape index (κ2) is 9.91. The third kappa shape index (κ3) is 5.21. The normalized spacial score (nSPS) is 16.1. The number of carbonyl (C=O) groups excluding carboxylic acids is 1. The maximum absolute atomic E-state index is 12.4. The molecule has 1 unspecified atom stereocenters. The van der Waals surface area contributed by atoms with Crippen LogP contribution in [-0.4, -0.2) is 44.1 Å². The predicted octanol–water partition coefficient (Wildman–Crippen LogP) is 4.53. The summed E-state index contributed by atoms with van der Waals surface area (Å²) in [5.41, 5.74) is 1.77. The SMILES string of the molecule is CCc1nnc(SCC(=O)Nc2nc(-c3ccc(Cl)cc3)cs2)n1CC1CCCO1. The van der Waals surface area contributed by atoms with Gasteiger partial charge in [-0.15, -0.1) is 21.5 Å². The number of anilines is 1. The summed E-state index contributed by atoms with van der Waals surface area (Å²) in [6.45, 7) is 3.60. The Balaban J connectivity index is 1.35. The molecule has 30 heavy (non-hydrogen) atoms. The number of rotatable bonds is 8. The standard InChI is InChI=1S/C20H22ClN5O2S2/c1-2-17-24-25-20(26(17)10-15-4-3-9-28-15)30-12-18(27)23-19-22-16(11-29-19)13-5-7-14(21)8-6-13/h5-8,11,15H,2-4,9-10,12H2,1H3,(H,22,23,27). The molecule has 10 heteroatoms. The summed E-state index contributed by atoms with van der Waals surface area (Å²) in [6.07, 6.45) is 3.12. The van der Waals surface area contributed by atoms with Crippen molar-refractivity contribution in [2.75, 3.05) is 17.7 Å². The van der Waals surface area contributed by atoms with Gasteiger partial charge in [-0.05, 0) is 25.0 Å². The fourth-order valence-electron chi connectivity index (χ4n) is 3.23. The molecule has 1 atom stereocenters. The Hall–Kier alpha value is -1.94. The molecule has 0 bridgehead atoms. The second-order valence-electron chi connectivity index (χ2n) is 6.88. The highest BCUT2D eigenvalue weighted by molar-refractivity contribution is 7.99. The molecule has 7 nitrogen and oxygen atoms in total. The van der Waals surface area contributed by atoms with E-state index in [1.807, 2.05) is 29.6 Å². The number of carbonyl (C=O) groups is 1. The number of amides is 1. The molecule has 0 aliphatic carbocycles. The number of nitrogens with one attached hydrogen (secondary N) is 1. The minimum Gasteiger partial charge on any atom is -0.376 e. The van der Waals surface area contributed by atoms with Gasteiger partial charge < -0.3 is 14.6 Å². The molecule has 1 saturated heterocycles. The van der Waals surface area contributed by atoms with Crippen molar-refractivity contribution in [3.05, 3.63) is 40.5 Å². The second-order valence-corrected chi connectivity index (χ2v) is 9.12. The highest BCUT2D eigenvalue weighted by Crippen LogP contribution is 2.27. The summed E-state index contributed by atoms with van der Waals surface area (Å²) < 4.78 is 7.83. The number of ether oxygens (including phenoxy) is 1. The van der Waals surface area contributed by atoms with Crippen LogP contribution in [0.5, 0.6) is 0 Å². The van der Waals surface area contributed by atoms with E-state index in [4.69, 9.17) is 16.3 Å². The Bertz CT molecular complexity index is 999. The molecule has 3 aromatic rings. The Morgan fingerprint density at radius 3 is 2.93 bits per heavy atom. The molecule has 4 rings (SSSR count). The number of halogens is 1. The highest BCUT2D eigenvalue weighted by atomic mass is 35.5. The van der Waals surface area contributed by atoms with E-state index in [-0.39, 0.29) is 17.8 Å². The summed E-state index contributed by atoms with van der Waals surface area (Å²) >= 11 is 8.71. The van der Waals surface area contributed by atoms with E-state index in [0.29, 0.717) is 10.2 Å². The molecule has 1 fully saturated rings. The first-order chi connectivity index (χ1) is 14.6. The van der Waals surface area contributed by atoms with Gasteiger partial charge in [0.2, 0.25) is 5.91 Å². The first-order valence-corrected chi connectivity index (χ1v) is 12.0. The van der Waals surface area contributed by atoms with Crippen molar-refractivity contribution in [3.8, 4) is 11.3 Å². The molecular formula is C20H22ClN5O2S2. The molecule has 2 aromatic heterocycles. The Morgan fingerprint density at radius 1 is 1.37 bits per heavy atom. The molecule has 1 N–H and O–H groups in total. The molecule has 0 saturated carbocycles. The van der Waals surface area contributed by atoms with Crippen LogP contribution < -0.4 is 5.32 Å². The highest BCUT2D eigenvalue weighted by Gasteiger charge is 2.21. The van der Waals surface area contributed by atoms with Crippen LogP contribution in [0.3, 0.4) is 0 Å². The Morgan fingerprint density at radius 2 is 2.20 bits per heavy atom. The van der Waals surface area contributed by atoms with Gasteiger partial charge >= 0.3 is 0 Å². The quantitative estimate of drug-likeness (QED) is 0.494. The van der Waals surface area contributed by atoms with Gasteiger partial charge in [0.15, 0.2) is 10.3 Å². The average molecular weight is 464 g/mol. The molecule has 3 heterocycles. The number of hydrogen-bond acceptors (Lipinski definition) is 7. The van der Waals surface area contributed by atoms with E-state index in [1.54, 1.807) is 0 Å². The average Bonchev–Trinajstić information content (AvgIpc) is 3.49. The summed E-state index contributed by atoms with van der Waals surface area (Å²) in [7, 11) is 0. The van der Waals surface area contributed by atoms with Crippen LogP contribution in [-0.2, 0) is 22.5 Å². The van der Waals surface area contributed by atoms with E-state index in [0.717, 1.165) is 54.7 Å². The molecule has 1 amide bonds. The van der Waals surface area contributed by atoms with Gasteiger partial charge in [0.1, 0.15) is 5.82 Å². The summed E-state index contributed by atoms with van der Waals surface area (Å²) in [5.74, 6) is 1.03. The molecule has 158 valence electrons. The molecule has 1 aliphatic rings. The first kappa shape index (κ1) is 21.3. The lowest BCUT2D eigenvalue weighted by atomic mass is 10.2. The maximum Gasteiger partial charge on any atom is 0.236 e. The van der Waals surface area contributed by atoms with Gasteiger partial charge in [0.25, 0.3) is 0 Å². The molecular weight excluding hydrogens is 442 g/mol. The van der Waals surface area contributed by atoms with Gasteiger partial charge in [0, 0.05) is 29.0 Å². The van der Waals surface area contributed by atoms with Crippen molar-refractivity contribution in [1.82, 2.24) is 19.7 Å². The molecule has 0 radical (unpaired) electrons. The van der Waals surface area contributed by atoms with Crippen LogP contribution in [0.1, 0.15) is 25.6 Å². The van der Waals surface area contributed by atoms with Crippen LogP contribution in [0.4, 0.5) is 5.13 Å². The predicted molar refractivity (Wildman–Crippen MR) is 120 cm³/mol. The topological polar surface area (TPSA) is 81.9 Å². The third-order valence-corrected chi connectivity index (χ3v) is 6.72. The number of nitrogens with zero attached hydrogens (tertiary/aromatic N) is 4. The largest absolute Gasteiger partial charge is 0.376 e. The molecule has 1 aromatic carbocycles. The number of aryl methyl sites for hydroxylation is 1. The zero-order chi connectivity index (χ0) is 20.9. The number of hydrogen-bond donors (Lipinski definition) is 1. The lowest BCUT2D eigenvalue weighted by Gasteiger charge is -2.14. The Kier molecular flexibility index (Phi) is 7.04. The van der Waals surface area contributed by atoms with E-state index >= 15 is 0 Å². The lowest BCUT2D eigenvalue weighted by molar-refractivity contribution is -0.113.